The van der Waals surface area contributed by atoms with Crippen LogP contribution in [0.4, 0.5) is 13.2 Å². The number of thioether (sulfide) groups is 1. The first kappa shape index (κ1) is 20.7. The Labute approximate surface area is 157 Å². The minimum atomic E-state index is -4.52. The second-order valence-electron chi connectivity index (χ2n) is 5.26. The highest BCUT2D eigenvalue weighted by molar-refractivity contribution is 7.99. The van der Waals surface area contributed by atoms with Crippen LogP contribution in [0.25, 0.3) is 11.4 Å². The van der Waals surface area contributed by atoms with Gasteiger partial charge in [-0.25, -0.2) is 0 Å². The van der Waals surface area contributed by atoms with Gasteiger partial charge in [0.2, 0.25) is 0 Å². The molecule has 0 atom stereocenters. The van der Waals surface area contributed by atoms with Gasteiger partial charge in [0, 0.05) is 12.1 Å². The molecule has 0 aliphatic rings. The van der Waals surface area contributed by atoms with Crippen LogP contribution in [0.1, 0.15) is 6.92 Å². The third-order valence-corrected chi connectivity index (χ3v) is 4.17. The number of alkyl halides is 3. The second-order valence-corrected chi connectivity index (χ2v) is 6.20. The molecule has 1 aromatic heterocycles. The maximum absolute atomic E-state index is 12.0. The molecule has 2 aromatic rings. The van der Waals surface area contributed by atoms with Crippen LogP contribution in [0.3, 0.4) is 0 Å². The van der Waals surface area contributed by atoms with Gasteiger partial charge in [0.25, 0.3) is 5.91 Å². The maximum atomic E-state index is 12.0. The fourth-order valence-electron chi connectivity index (χ4n) is 2.04. The van der Waals surface area contributed by atoms with Crippen LogP contribution in [0.5, 0.6) is 0 Å². The number of nitrogens with zero attached hydrogens (tertiary/aromatic N) is 3. The second kappa shape index (κ2) is 9.40. The average Bonchev–Trinajstić information content (AvgIpc) is 3.06. The molecule has 1 aromatic carbocycles. The van der Waals surface area contributed by atoms with Gasteiger partial charge in [0.1, 0.15) is 6.54 Å². The zero-order valence-corrected chi connectivity index (χ0v) is 15.1. The normalized spacial score (nSPS) is 11.3. The Bertz CT molecular complexity index is 781. The van der Waals surface area contributed by atoms with Crippen molar-refractivity contribution in [2.24, 2.45) is 0 Å². The summed E-state index contributed by atoms with van der Waals surface area (Å²) >= 11 is 1.07. The highest BCUT2D eigenvalue weighted by atomic mass is 32.2. The Balaban J connectivity index is 1.85. The van der Waals surface area contributed by atoms with E-state index >= 15 is 0 Å². The fourth-order valence-corrected chi connectivity index (χ4v) is 2.84. The molecule has 0 radical (unpaired) electrons. The third kappa shape index (κ3) is 6.59. The van der Waals surface area contributed by atoms with E-state index in [9.17, 15) is 22.8 Å². The van der Waals surface area contributed by atoms with E-state index in [1.807, 2.05) is 41.8 Å². The topological polar surface area (TPSA) is 86.1 Å². The number of amides is 1. The van der Waals surface area contributed by atoms with Gasteiger partial charge in [-0.3, -0.25) is 9.59 Å². The smallest absolute Gasteiger partial charge is 0.405 e. The molecule has 11 heteroatoms. The van der Waals surface area contributed by atoms with Crippen LogP contribution < -0.4 is 5.32 Å². The standard InChI is InChI=1S/C16H17F3N4O3S/c1-2-23-14(11-6-4-3-5-7-11)21-22-15(23)27-9-13(25)26-8-12(24)20-10-16(17,18)19/h3-7H,2,8-10H2,1H3,(H,20,24). The molecule has 27 heavy (non-hydrogen) atoms. The average molecular weight is 402 g/mol. The van der Waals surface area contributed by atoms with Gasteiger partial charge in [-0.2, -0.15) is 13.2 Å². The highest BCUT2D eigenvalue weighted by Gasteiger charge is 2.27. The van der Waals surface area contributed by atoms with E-state index in [-0.39, 0.29) is 5.75 Å². The number of carbonyl (C=O) groups is 2. The van der Waals surface area contributed by atoms with Crippen molar-refractivity contribution in [2.45, 2.75) is 24.8 Å². The molecule has 0 saturated heterocycles. The predicted molar refractivity (Wildman–Crippen MR) is 91.9 cm³/mol. The van der Waals surface area contributed by atoms with E-state index < -0.39 is 31.2 Å². The monoisotopic (exact) mass is 402 g/mol. The summed E-state index contributed by atoms with van der Waals surface area (Å²) in [5.74, 6) is -1.26. The fraction of sp³-hybridized carbons (Fsp3) is 0.375. The van der Waals surface area contributed by atoms with Crippen LogP contribution >= 0.6 is 11.8 Å². The van der Waals surface area contributed by atoms with Crippen LogP contribution in [-0.4, -0.2) is 51.7 Å². The number of hydrogen-bond acceptors (Lipinski definition) is 6. The van der Waals surface area contributed by atoms with Crippen molar-refractivity contribution in [1.82, 2.24) is 20.1 Å². The van der Waals surface area contributed by atoms with Crippen molar-refractivity contribution in [2.75, 3.05) is 18.9 Å². The molecule has 2 rings (SSSR count). The van der Waals surface area contributed by atoms with Crippen molar-refractivity contribution < 1.29 is 27.5 Å². The lowest BCUT2D eigenvalue weighted by molar-refractivity contribution is -0.149. The number of carbonyl (C=O) groups excluding carboxylic acids is 2. The zero-order chi connectivity index (χ0) is 19.9. The summed E-state index contributed by atoms with van der Waals surface area (Å²) in [6, 6.07) is 9.40. The van der Waals surface area contributed by atoms with Gasteiger partial charge >= 0.3 is 12.1 Å². The van der Waals surface area contributed by atoms with E-state index in [1.165, 1.54) is 0 Å². The Morgan fingerprint density at radius 2 is 1.93 bits per heavy atom. The van der Waals surface area contributed by atoms with Crippen molar-refractivity contribution >= 4 is 23.6 Å². The predicted octanol–water partition coefficient (Wildman–Crippen LogP) is 2.28. The van der Waals surface area contributed by atoms with Crippen LogP contribution in [0.15, 0.2) is 35.5 Å². The lowest BCUT2D eigenvalue weighted by Crippen LogP contribution is -2.36. The number of hydrogen-bond donors (Lipinski definition) is 1. The molecule has 0 aliphatic heterocycles. The first-order chi connectivity index (χ1) is 12.8. The van der Waals surface area contributed by atoms with Crippen molar-refractivity contribution in [3.8, 4) is 11.4 Å². The lowest BCUT2D eigenvalue weighted by Gasteiger charge is -2.09. The van der Waals surface area contributed by atoms with Gasteiger partial charge in [0.15, 0.2) is 17.6 Å². The number of benzene rings is 1. The Kier molecular flexibility index (Phi) is 7.22. The van der Waals surface area contributed by atoms with Gasteiger partial charge in [-0.1, -0.05) is 42.1 Å². The molecule has 0 unspecified atom stereocenters. The number of ether oxygens (including phenoxy) is 1. The molecule has 1 amide bonds. The van der Waals surface area contributed by atoms with Crippen LogP contribution in [0, 0.1) is 0 Å². The summed E-state index contributed by atoms with van der Waals surface area (Å²) in [6.07, 6.45) is -4.52. The van der Waals surface area contributed by atoms with E-state index in [0.717, 1.165) is 17.3 Å². The van der Waals surface area contributed by atoms with E-state index in [1.54, 1.807) is 5.32 Å². The largest absolute Gasteiger partial charge is 0.455 e. The SMILES string of the molecule is CCn1c(SCC(=O)OCC(=O)NCC(F)(F)F)nnc1-c1ccccc1. The van der Waals surface area contributed by atoms with Gasteiger partial charge in [-0.15, -0.1) is 10.2 Å². The molecule has 146 valence electrons. The van der Waals surface area contributed by atoms with Crippen LogP contribution in [-0.2, 0) is 20.9 Å². The number of aromatic nitrogens is 3. The van der Waals surface area contributed by atoms with Gasteiger partial charge in [-0.05, 0) is 6.92 Å². The number of nitrogens with one attached hydrogen (secondary N) is 1. The number of esters is 1. The van der Waals surface area contributed by atoms with Crippen molar-refractivity contribution in [1.29, 1.82) is 0 Å². The summed E-state index contributed by atoms with van der Waals surface area (Å²) in [7, 11) is 0. The molecule has 1 heterocycles. The summed E-state index contributed by atoms with van der Waals surface area (Å²) in [5.41, 5.74) is 0.877. The quantitative estimate of drug-likeness (QED) is 0.539. The number of halogens is 3. The molecular weight excluding hydrogens is 385 g/mol. The van der Waals surface area contributed by atoms with E-state index in [4.69, 9.17) is 0 Å². The molecule has 7 nitrogen and oxygen atoms in total. The first-order valence-corrected chi connectivity index (χ1v) is 8.89. The Morgan fingerprint density at radius 3 is 2.56 bits per heavy atom. The zero-order valence-electron chi connectivity index (χ0n) is 14.3. The van der Waals surface area contributed by atoms with Gasteiger partial charge in [0.05, 0.1) is 5.75 Å². The summed E-state index contributed by atoms with van der Waals surface area (Å²) < 4.78 is 42.4. The molecular formula is C16H17F3N4O3S. The van der Waals surface area contributed by atoms with Crippen LogP contribution in [0.2, 0.25) is 0 Å². The Morgan fingerprint density at radius 1 is 1.22 bits per heavy atom. The minimum Gasteiger partial charge on any atom is -0.455 e. The third-order valence-electron chi connectivity index (χ3n) is 3.23. The summed E-state index contributed by atoms with van der Waals surface area (Å²) in [4.78, 5) is 22.9. The van der Waals surface area contributed by atoms with Crippen molar-refractivity contribution in [3.63, 3.8) is 0 Å². The van der Waals surface area contributed by atoms with Gasteiger partial charge < -0.3 is 14.6 Å². The summed E-state index contributed by atoms with van der Waals surface area (Å²) in [6.45, 7) is 0.239. The first-order valence-electron chi connectivity index (χ1n) is 7.90. The van der Waals surface area contributed by atoms with E-state index in [2.05, 4.69) is 14.9 Å². The molecule has 0 saturated carbocycles. The minimum absolute atomic E-state index is 0.153. The Hall–Kier alpha value is -2.56. The molecule has 0 aliphatic carbocycles. The molecule has 0 fully saturated rings. The lowest BCUT2D eigenvalue weighted by atomic mass is 10.2. The van der Waals surface area contributed by atoms with E-state index in [0.29, 0.717) is 17.5 Å². The summed E-state index contributed by atoms with van der Waals surface area (Å²) in [5, 5.41) is 10.3. The van der Waals surface area contributed by atoms with Crippen molar-refractivity contribution in [3.05, 3.63) is 30.3 Å². The molecule has 0 bridgehead atoms. The molecule has 1 N–H and O–H groups in total. The maximum Gasteiger partial charge on any atom is 0.405 e. The highest BCUT2D eigenvalue weighted by Crippen LogP contribution is 2.23. The molecule has 0 spiro atoms. The number of rotatable bonds is 8.